The van der Waals surface area contributed by atoms with E-state index in [2.05, 4.69) is 0 Å². The molecule has 3 atom stereocenters. The Kier molecular flexibility index (Phi) is 5.58. The molecule has 3 N–H and O–H groups in total. The van der Waals surface area contributed by atoms with Gasteiger partial charge in [0.25, 0.3) is 0 Å². The molecule has 2 heterocycles. The van der Waals surface area contributed by atoms with Gasteiger partial charge in [-0.2, -0.15) is 0 Å². The molecule has 1 aromatic rings. The Labute approximate surface area is 156 Å². The number of hydrogen-bond acceptors (Lipinski definition) is 4. The number of carbonyl (C=O) groups is 1. The van der Waals surface area contributed by atoms with Gasteiger partial charge in [0.15, 0.2) is 0 Å². The third-order valence-electron chi connectivity index (χ3n) is 5.65. The number of aliphatic hydroxyl groups excluding tert-OH is 1. The molecule has 2 saturated heterocycles. The summed E-state index contributed by atoms with van der Waals surface area (Å²) in [6, 6.07) is 9.45. The second kappa shape index (κ2) is 7.57. The van der Waals surface area contributed by atoms with Crippen LogP contribution in [0.2, 0.25) is 0 Å². The van der Waals surface area contributed by atoms with Crippen LogP contribution in [0.15, 0.2) is 30.3 Å². The number of ether oxygens (including phenoxy) is 1. The van der Waals surface area contributed by atoms with Crippen molar-refractivity contribution in [1.29, 1.82) is 0 Å². The SMILES string of the molecule is CC(C)(C)OC(=O)N1[C@H]2CC[C@@H](CC2)[C@@H]1[C@@H](O)[C@@H](N)Cc1ccccc1. The second-order valence-corrected chi connectivity index (χ2v) is 8.79. The average Bonchev–Trinajstić information content (AvgIpc) is 2.60. The lowest BCUT2D eigenvalue weighted by Crippen LogP contribution is -2.65. The van der Waals surface area contributed by atoms with Gasteiger partial charge in [-0.1, -0.05) is 30.3 Å². The molecule has 4 rings (SSSR count). The molecule has 2 bridgehead atoms. The van der Waals surface area contributed by atoms with Gasteiger partial charge in [0, 0.05) is 12.1 Å². The predicted octanol–water partition coefficient (Wildman–Crippen LogP) is 3.10. The molecule has 0 unspecified atom stereocenters. The van der Waals surface area contributed by atoms with Gasteiger partial charge in [-0.15, -0.1) is 0 Å². The fourth-order valence-corrected chi connectivity index (χ4v) is 4.48. The maximum Gasteiger partial charge on any atom is 0.410 e. The summed E-state index contributed by atoms with van der Waals surface area (Å²) in [5, 5.41) is 11.1. The maximum atomic E-state index is 12.9. The molecule has 1 aromatic carbocycles. The van der Waals surface area contributed by atoms with Crippen LogP contribution in [0.25, 0.3) is 0 Å². The lowest BCUT2D eigenvalue weighted by Gasteiger charge is -2.53. The van der Waals surface area contributed by atoms with E-state index in [1.807, 2.05) is 51.1 Å². The third-order valence-corrected chi connectivity index (χ3v) is 5.65. The van der Waals surface area contributed by atoms with Crippen LogP contribution in [-0.4, -0.2) is 45.9 Å². The number of rotatable bonds is 4. The zero-order chi connectivity index (χ0) is 18.9. The maximum absolute atomic E-state index is 12.9. The van der Waals surface area contributed by atoms with Crippen molar-refractivity contribution in [2.75, 3.05) is 0 Å². The molecule has 5 nitrogen and oxygen atoms in total. The van der Waals surface area contributed by atoms with Crippen molar-refractivity contribution in [3.63, 3.8) is 0 Å². The minimum Gasteiger partial charge on any atom is -0.444 e. The minimum absolute atomic E-state index is 0.151. The second-order valence-electron chi connectivity index (χ2n) is 8.79. The highest BCUT2D eigenvalue weighted by atomic mass is 16.6. The summed E-state index contributed by atoms with van der Waals surface area (Å²) in [7, 11) is 0. The van der Waals surface area contributed by atoms with Gasteiger partial charge in [0.05, 0.1) is 12.1 Å². The summed E-state index contributed by atoms with van der Waals surface area (Å²) in [5.74, 6) is 0.296. The van der Waals surface area contributed by atoms with Crippen molar-refractivity contribution in [3.8, 4) is 0 Å². The van der Waals surface area contributed by atoms with Crippen LogP contribution in [0, 0.1) is 5.92 Å². The molecule has 1 saturated carbocycles. The Hall–Kier alpha value is -1.59. The molecule has 0 radical (unpaired) electrons. The van der Waals surface area contributed by atoms with Crippen LogP contribution in [0.5, 0.6) is 0 Å². The fourth-order valence-electron chi connectivity index (χ4n) is 4.48. The first-order chi connectivity index (χ1) is 12.3. The van der Waals surface area contributed by atoms with E-state index in [0.29, 0.717) is 12.3 Å². The van der Waals surface area contributed by atoms with E-state index in [9.17, 15) is 9.90 Å². The van der Waals surface area contributed by atoms with Crippen molar-refractivity contribution < 1.29 is 14.6 Å². The normalized spacial score (nSPS) is 27.9. The molecule has 1 amide bonds. The third kappa shape index (κ3) is 4.21. The van der Waals surface area contributed by atoms with Crippen LogP contribution >= 0.6 is 0 Å². The molecule has 3 fully saturated rings. The summed E-state index contributed by atoms with van der Waals surface area (Å²) in [4.78, 5) is 14.7. The zero-order valence-corrected chi connectivity index (χ0v) is 16.1. The summed E-state index contributed by atoms with van der Waals surface area (Å²) >= 11 is 0. The lowest BCUT2D eigenvalue weighted by molar-refractivity contribution is -0.0835. The first-order valence-electron chi connectivity index (χ1n) is 9.75. The quantitative estimate of drug-likeness (QED) is 0.865. The first-order valence-corrected chi connectivity index (χ1v) is 9.75. The first kappa shape index (κ1) is 19.2. The number of aliphatic hydroxyl groups is 1. The van der Waals surface area contributed by atoms with Gasteiger partial charge in [0.1, 0.15) is 5.60 Å². The number of amides is 1. The molecule has 0 aromatic heterocycles. The molecule has 3 aliphatic rings. The molecule has 1 aliphatic carbocycles. The lowest BCUT2D eigenvalue weighted by atomic mass is 9.71. The van der Waals surface area contributed by atoms with Crippen molar-refractivity contribution in [3.05, 3.63) is 35.9 Å². The van der Waals surface area contributed by atoms with E-state index in [1.54, 1.807) is 4.90 Å². The van der Waals surface area contributed by atoms with E-state index >= 15 is 0 Å². The monoisotopic (exact) mass is 360 g/mol. The Bertz CT molecular complexity index is 605. The van der Waals surface area contributed by atoms with Gasteiger partial charge < -0.3 is 15.6 Å². The topological polar surface area (TPSA) is 75.8 Å². The zero-order valence-electron chi connectivity index (χ0n) is 16.1. The van der Waals surface area contributed by atoms with Crippen molar-refractivity contribution >= 4 is 6.09 Å². The van der Waals surface area contributed by atoms with Gasteiger partial charge >= 0.3 is 6.09 Å². The number of nitrogens with two attached hydrogens (primary N) is 1. The standard InChI is InChI=1S/C21H32N2O3/c1-21(2,3)26-20(25)23-16-11-9-15(10-12-16)18(23)19(24)17(22)13-14-7-5-4-6-8-14/h4-8,15-19,24H,9-13,22H2,1-3H3/t15-,16-,17-,18+,19-/m0/s1. The predicted molar refractivity (Wildman–Crippen MR) is 102 cm³/mol. The van der Waals surface area contributed by atoms with Gasteiger partial charge in [0.2, 0.25) is 0 Å². The van der Waals surface area contributed by atoms with Crippen LogP contribution in [0.4, 0.5) is 4.79 Å². The summed E-state index contributed by atoms with van der Waals surface area (Å²) in [6.07, 6.45) is 3.59. The number of fused-ring (bicyclic) bond motifs is 3. The van der Waals surface area contributed by atoms with Crippen LogP contribution in [-0.2, 0) is 11.2 Å². The summed E-state index contributed by atoms with van der Waals surface area (Å²) in [5.41, 5.74) is 6.93. The Morgan fingerprint density at radius 1 is 1.23 bits per heavy atom. The van der Waals surface area contributed by atoms with E-state index in [0.717, 1.165) is 31.2 Å². The van der Waals surface area contributed by atoms with Gasteiger partial charge in [-0.25, -0.2) is 4.79 Å². The highest BCUT2D eigenvalue weighted by Crippen LogP contribution is 2.42. The van der Waals surface area contributed by atoms with E-state index in [-0.39, 0.29) is 18.2 Å². The van der Waals surface area contributed by atoms with Crippen LogP contribution < -0.4 is 5.73 Å². The highest BCUT2D eigenvalue weighted by molar-refractivity contribution is 5.69. The Morgan fingerprint density at radius 3 is 2.42 bits per heavy atom. The van der Waals surface area contributed by atoms with E-state index < -0.39 is 17.7 Å². The molecular formula is C21H32N2O3. The number of nitrogens with zero attached hydrogens (tertiary/aromatic N) is 1. The molecule has 5 heteroatoms. The van der Waals surface area contributed by atoms with Gasteiger partial charge in [-0.3, -0.25) is 4.90 Å². The van der Waals surface area contributed by atoms with Crippen molar-refractivity contribution in [2.45, 2.75) is 82.7 Å². The number of benzene rings is 1. The molecular weight excluding hydrogens is 328 g/mol. The minimum atomic E-state index is -0.754. The average molecular weight is 360 g/mol. The molecule has 0 spiro atoms. The Balaban J connectivity index is 1.76. The number of hydrogen-bond donors (Lipinski definition) is 2. The van der Waals surface area contributed by atoms with Crippen molar-refractivity contribution in [1.82, 2.24) is 4.90 Å². The van der Waals surface area contributed by atoms with Crippen molar-refractivity contribution in [2.24, 2.45) is 11.7 Å². The van der Waals surface area contributed by atoms with Crippen LogP contribution in [0.1, 0.15) is 52.0 Å². The largest absolute Gasteiger partial charge is 0.444 e. The molecule has 26 heavy (non-hydrogen) atoms. The van der Waals surface area contributed by atoms with Gasteiger partial charge in [-0.05, 0) is 64.4 Å². The smallest absolute Gasteiger partial charge is 0.410 e. The number of carbonyl (C=O) groups excluding carboxylic acids is 1. The van der Waals surface area contributed by atoms with E-state index in [4.69, 9.17) is 10.5 Å². The van der Waals surface area contributed by atoms with E-state index in [1.165, 1.54) is 0 Å². The number of piperidine rings is 2. The fraction of sp³-hybridized carbons (Fsp3) is 0.667. The van der Waals surface area contributed by atoms with Crippen LogP contribution in [0.3, 0.4) is 0 Å². The molecule has 2 aliphatic heterocycles. The summed E-state index contributed by atoms with van der Waals surface area (Å²) in [6.45, 7) is 5.62. The summed E-state index contributed by atoms with van der Waals surface area (Å²) < 4.78 is 5.64. The Morgan fingerprint density at radius 2 is 1.85 bits per heavy atom. The molecule has 144 valence electrons. The highest BCUT2D eigenvalue weighted by Gasteiger charge is 2.49.